The second kappa shape index (κ2) is 4.09. The van der Waals surface area contributed by atoms with Crippen molar-refractivity contribution in [3.8, 4) is 0 Å². The van der Waals surface area contributed by atoms with E-state index in [0.29, 0.717) is 0 Å². The van der Waals surface area contributed by atoms with E-state index in [9.17, 15) is 0 Å². The van der Waals surface area contributed by atoms with E-state index >= 15 is 0 Å². The van der Waals surface area contributed by atoms with Crippen LogP contribution in [0.25, 0.3) is 0 Å². The molecule has 0 aliphatic carbocycles. The van der Waals surface area contributed by atoms with Gasteiger partial charge in [0.15, 0.2) is 0 Å². The summed E-state index contributed by atoms with van der Waals surface area (Å²) in [5, 5.41) is 0. The Labute approximate surface area is 87.8 Å². The number of anilines is 1. The second-order valence-electron chi connectivity index (χ2n) is 3.88. The predicted octanol–water partition coefficient (Wildman–Crippen LogP) is 3.18. The van der Waals surface area contributed by atoms with Crippen LogP contribution in [0.15, 0.2) is 18.2 Å². The van der Waals surface area contributed by atoms with Crippen molar-refractivity contribution in [1.82, 2.24) is 0 Å². The topological polar surface area (TPSA) is 12.0 Å². The zero-order chi connectivity index (χ0) is 10.8. The van der Waals surface area contributed by atoms with Crippen molar-refractivity contribution in [2.75, 3.05) is 11.0 Å². The van der Waals surface area contributed by atoms with Crippen LogP contribution in [0.5, 0.6) is 0 Å². The average molecular weight is 209 g/mol. The molecule has 1 nitrogen and oxygen atoms in total. The molecule has 1 aromatic rings. The van der Waals surface area contributed by atoms with E-state index in [2.05, 4.69) is 48.5 Å². The smallest absolute Gasteiger partial charge is 0.0461 e. The number of hydrogen-bond donors (Lipinski definition) is 1. The van der Waals surface area contributed by atoms with Crippen LogP contribution in [0.3, 0.4) is 0 Å². The van der Waals surface area contributed by atoms with E-state index in [0.717, 1.165) is 12.1 Å². The Morgan fingerprint density at radius 2 is 2.00 bits per heavy atom. The van der Waals surface area contributed by atoms with Gasteiger partial charge >= 0.3 is 0 Å². The molecule has 0 saturated carbocycles. The molecule has 0 aliphatic rings. The Bertz CT molecular complexity index is 416. The van der Waals surface area contributed by atoms with Crippen LogP contribution in [0.4, 0.5) is 5.69 Å². The summed E-state index contributed by atoms with van der Waals surface area (Å²) in [7, 11) is -1.17. The van der Waals surface area contributed by atoms with Crippen LogP contribution in [-0.4, -0.2) is 18.0 Å². The lowest BCUT2D eigenvalue weighted by atomic mass is 10.1. The molecule has 1 N–H and O–H groups in total. The third-order valence-corrected chi connectivity index (χ3v) is 2.77. The maximum Gasteiger partial charge on any atom is 0.0461 e. The lowest BCUT2D eigenvalue weighted by molar-refractivity contribution is 1.13. The van der Waals surface area contributed by atoms with E-state index in [-0.39, 0.29) is 0 Å². The Morgan fingerprint density at radius 3 is 2.43 bits per heavy atom. The average Bonchev–Trinajstić information content (AvgIpc) is 2.06. The first-order chi connectivity index (χ1) is 6.42. The molecular formula is C12H19NS. The van der Waals surface area contributed by atoms with Gasteiger partial charge in [0.05, 0.1) is 0 Å². The van der Waals surface area contributed by atoms with Crippen molar-refractivity contribution in [1.29, 1.82) is 0 Å². The summed E-state index contributed by atoms with van der Waals surface area (Å²) >= 11 is 0. The third kappa shape index (κ3) is 3.11. The molecule has 0 aromatic heterocycles. The first-order valence-electron chi connectivity index (χ1n) is 4.74. The first-order valence-corrected chi connectivity index (χ1v) is 7.12. The lowest BCUT2D eigenvalue weighted by Crippen LogP contribution is -1.96. The molecule has 0 saturated heterocycles. The number of rotatable bonds is 3. The van der Waals surface area contributed by atoms with Gasteiger partial charge in [0.1, 0.15) is 0 Å². The van der Waals surface area contributed by atoms with Gasteiger partial charge in [0.2, 0.25) is 0 Å². The molecule has 2 heteroatoms. The highest BCUT2D eigenvalue weighted by molar-refractivity contribution is 8.28. The van der Waals surface area contributed by atoms with Crippen LogP contribution in [0, 0.1) is 6.92 Å². The number of benzene rings is 1. The lowest BCUT2D eigenvalue weighted by Gasteiger charge is -2.15. The van der Waals surface area contributed by atoms with Crippen molar-refractivity contribution in [2.24, 2.45) is 0 Å². The van der Waals surface area contributed by atoms with Gasteiger partial charge in [-0.05, 0) is 36.8 Å². The minimum absolute atomic E-state index is 1.08. The van der Waals surface area contributed by atoms with E-state index in [4.69, 9.17) is 0 Å². The molecule has 0 radical (unpaired) electrons. The van der Waals surface area contributed by atoms with Gasteiger partial charge in [-0.25, -0.2) is 0 Å². The summed E-state index contributed by atoms with van der Waals surface area (Å²) in [4.78, 5) is 0. The fourth-order valence-electron chi connectivity index (χ4n) is 1.33. The van der Waals surface area contributed by atoms with Gasteiger partial charge in [-0.3, -0.25) is 0 Å². The van der Waals surface area contributed by atoms with Crippen LogP contribution >= 0.6 is 9.39 Å². The maximum absolute atomic E-state index is 4.01. The minimum atomic E-state index is -1.17. The Kier molecular flexibility index (Phi) is 3.27. The van der Waals surface area contributed by atoms with Crippen molar-refractivity contribution in [2.45, 2.75) is 20.3 Å². The van der Waals surface area contributed by atoms with Gasteiger partial charge in [0, 0.05) is 5.69 Å². The molecular weight excluding hydrogens is 190 g/mol. The van der Waals surface area contributed by atoms with Gasteiger partial charge in [-0.2, -0.15) is 0 Å². The molecule has 78 valence electrons. The Morgan fingerprint density at radius 1 is 1.36 bits per heavy atom. The molecule has 0 heterocycles. The molecule has 14 heavy (non-hydrogen) atoms. The maximum atomic E-state index is 4.01. The quantitative estimate of drug-likeness (QED) is 0.754. The molecule has 1 aromatic carbocycles. The van der Waals surface area contributed by atoms with E-state index in [1.165, 1.54) is 11.1 Å². The first kappa shape index (κ1) is 11.2. The normalized spacial score (nSPS) is 11.4. The molecule has 0 atom stereocenters. The summed E-state index contributed by atoms with van der Waals surface area (Å²) in [5.41, 5.74) is 3.80. The minimum Gasteiger partial charge on any atom is -0.342 e. The van der Waals surface area contributed by atoms with Gasteiger partial charge < -0.3 is 4.72 Å². The van der Waals surface area contributed by atoms with Crippen molar-refractivity contribution >= 4 is 26.8 Å². The van der Waals surface area contributed by atoms with E-state index in [1.54, 1.807) is 0 Å². The number of hydrogen-bond acceptors (Lipinski definition) is 1. The molecule has 0 amide bonds. The highest BCUT2D eigenvalue weighted by Crippen LogP contribution is 2.23. The van der Waals surface area contributed by atoms with Gasteiger partial charge in [0.25, 0.3) is 0 Å². The van der Waals surface area contributed by atoms with Crippen LogP contribution in [0.2, 0.25) is 0 Å². The standard InChI is InChI=1S/C12H19NS/c1-6-11-7-8-12(10(2)9-11)13-14(3,4)5/h7-9,13H,3-4,6H2,1-2,5H3. The summed E-state index contributed by atoms with van der Waals surface area (Å²) in [6, 6.07) is 6.49. The highest BCUT2D eigenvalue weighted by atomic mass is 32.2. The predicted molar refractivity (Wildman–Crippen MR) is 71.9 cm³/mol. The third-order valence-electron chi connectivity index (χ3n) is 2.06. The summed E-state index contributed by atoms with van der Waals surface area (Å²) < 4.78 is 3.36. The molecule has 0 aliphatic heterocycles. The summed E-state index contributed by atoms with van der Waals surface area (Å²) in [5.74, 6) is 8.02. The molecule has 0 unspecified atom stereocenters. The number of nitrogens with one attached hydrogen (secondary N) is 1. The molecule has 0 fully saturated rings. The summed E-state index contributed by atoms with van der Waals surface area (Å²) in [6.45, 7) is 4.28. The van der Waals surface area contributed by atoms with E-state index in [1.807, 2.05) is 6.26 Å². The fraction of sp³-hybridized carbons (Fsp3) is 0.333. The Hall–Kier alpha value is -0.890. The second-order valence-corrected chi connectivity index (χ2v) is 6.63. The van der Waals surface area contributed by atoms with Crippen LogP contribution < -0.4 is 4.72 Å². The van der Waals surface area contributed by atoms with Crippen molar-refractivity contribution in [3.63, 3.8) is 0 Å². The zero-order valence-corrected chi connectivity index (χ0v) is 10.1. The van der Waals surface area contributed by atoms with Crippen LogP contribution in [-0.2, 0) is 6.42 Å². The Balaban J connectivity index is 3.01. The van der Waals surface area contributed by atoms with E-state index < -0.39 is 9.39 Å². The summed E-state index contributed by atoms with van der Waals surface area (Å²) in [6.07, 6.45) is 3.13. The van der Waals surface area contributed by atoms with Crippen molar-refractivity contribution < 1.29 is 0 Å². The molecule has 0 bridgehead atoms. The SMILES string of the molecule is C=S(=C)(C)Nc1ccc(CC)cc1C. The fourth-order valence-corrected chi connectivity index (χ4v) is 2.09. The van der Waals surface area contributed by atoms with Gasteiger partial charge in [-0.15, -0.1) is 9.39 Å². The monoisotopic (exact) mass is 209 g/mol. The van der Waals surface area contributed by atoms with Gasteiger partial charge in [-0.1, -0.05) is 30.8 Å². The highest BCUT2D eigenvalue weighted by Gasteiger charge is 1.98. The molecule has 1 rings (SSSR count). The molecule has 0 spiro atoms. The van der Waals surface area contributed by atoms with Crippen molar-refractivity contribution in [3.05, 3.63) is 29.3 Å². The largest absolute Gasteiger partial charge is 0.342 e. The zero-order valence-electron chi connectivity index (χ0n) is 9.26. The van der Waals surface area contributed by atoms with Crippen LogP contribution in [0.1, 0.15) is 18.1 Å². The number of aryl methyl sites for hydroxylation is 2.